The first-order valence-electron chi connectivity index (χ1n) is 6.13. The first-order valence-corrected chi connectivity index (χ1v) is 6.13. The Bertz CT molecular complexity index is 675. The number of rotatable bonds is 5. The highest BCUT2D eigenvalue weighted by Crippen LogP contribution is 2.31. The number of ether oxygens (including phenoxy) is 2. The van der Waals surface area contributed by atoms with Crippen LogP contribution in [0.1, 0.15) is 6.92 Å². The van der Waals surface area contributed by atoms with Gasteiger partial charge in [-0.1, -0.05) is 24.3 Å². The maximum Gasteiger partial charge on any atom is 0.344 e. The third kappa shape index (κ3) is 3.22. The summed E-state index contributed by atoms with van der Waals surface area (Å²) in [7, 11) is 0. The van der Waals surface area contributed by atoms with Gasteiger partial charge in [-0.15, -0.1) is 0 Å². The topological polar surface area (TPSA) is 65.0 Å². The molecule has 0 aromatic heterocycles. The van der Waals surface area contributed by atoms with Crippen molar-refractivity contribution in [3.8, 4) is 5.75 Å². The van der Waals surface area contributed by atoms with Gasteiger partial charge in [-0.25, -0.2) is 9.59 Å². The zero-order chi connectivity index (χ0) is 14.4. The van der Waals surface area contributed by atoms with Gasteiger partial charge in [0.15, 0.2) is 6.61 Å². The Morgan fingerprint density at radius 1 is 1.30 bits per heavy atom. The molecule has 0 amide bonds. The summed E-state index contributed by atoms with van der Waals surface area (Å²) in [5.74, 6) is 0.00634. The Labute approximate surface area is 115 Å². The number of carbonyl (C=O) groups excluding carboxylic acids is 2. The summed E-state index contributed by atoms with van der Waals surface area (Å²) in [4.78, 5) is 25.4. The molecule has 0 aliphatic carbocycles. The minimum absolute atomic E-state index is 0.184. The average Bonchev–Trinajstić information content (AvgIpc) is 2.46. The summed E-state index contributed by atoms with van der Waals surface area (Å²) in [6, 6.07) is 10.8. The normalized spacial score (nSPS) is 9.85. The largest absolute Gasteiger partial charge is 0.482 e. The number of carbonyl (C=O) groups is 1. The number of esters is 1. The molecule has 102 valence electrons. The average molecular weight is 271 g/mol. The van der Waals surface area contributed by atoms with Gasteiger partial charge in [-0.05, 0) is 18.4 Å². The van der Waals surface area contributed by atoms with Crippen LogP contribution in [-0.4, -0.2) is 25.3 Å². The number of hydrogen-bond acceptors (Lipinski definition) is 5. The number of isocyanates is 1. The van der Waals surface area contributed by atoms with Crippen molar-refractivity contribution in [1.82, 2.24) is 0 Å². The molecule has 0 N–H and O–H groups in total. The second-order valence-electron chi connectivity index (χ2n) is 3.96. The van der Waals surface area contributed by atoms with Gasteiger partial charge in [0.25, 0.3) is 0 Å². The van der Waals surface area contributed by atoms with E-state index in [1.54, 1.807) is 19.1 Å². The standard InChI is InChI=1S/C15H13NO4/c1-2-19-15(18)9-20-12-7-11-5-3-4-6-13(11)14(8-12)16-10-17/h3-8H,2,9H2,1H3. The highest BCUT2D eigenvalue weighted by Gasteiger charge is 2.07. The summed E-state index contributed by atoms with van der Waals surface area (Å²) in [5.41, 5.74) is 0.456. The fourth-order valence-corrected chi connectivity index (χ4v) is 1.83. The molecule has 0 saturated heterocycles. The van der Waals surface area contributed by atoms with E-state index < -0.39 is 5.97 Å². The van der Waals surface area contributed by atoms with Gasteiger partial charge in [0, 0.05) is 11.5 Å². The van der Waals surface area contributed by atoms with Crippen LogP contribution in [0.15, 0.2) is 41.4 Å². The third-order valence-electron chi connectivity index (χ3n) is 2.64. The van der Waals surface area contributed by atoms with Gasteiger partial charge in [-0.2, -0.15) is 4.99 Å². The quantitative estimate of drug-likeness (QED) is 0.476. The Balaban J connectivity index is 2.30. The van der Waals surface area contributed by atoms with Crippen LogP contribution < -0.4 is 4.74 Å². The molecule has 0 saturated carbocycles. The van der Waals surface area contributed by atoms with Crippen LogP contribution in [0, 0.1) is 0 Å². The predicted octanol–water partition coefficient (Wildman–Crippen LogP) is 2.75. The van der Waals surface area contributed by atoms with E-state index in [4.69, 9.17) is 9.47 Å². The first-order chi connectivity index (χ1) is 9.74. The lowest BCUT2D eigenvalue weighted by atomic mass is 10.1. The Morgan fingerprint density at radius 3 is 2.85 bits per heavy atom. The number of hydrogen-bond donors (Lipinski definition) is 0. The van der Waals surface area contributed by atoms with Crippen molar-refractivity contribution in [2.75, 3.05) is 13.2 Å². The molecule has 20 heavy (non-hydrogen) atoms. The molecule has 0 atom stereocenters. The first kappa shape index (κ1) is 13.8. The smallest absolute Gasteiger partial charge is 0.344 e. The van der Waals surface area contributed by atoms with Gasteiger partial charge in [0.2, 0.25) is 6.08 Å². The van der Waals surface area contributed by atoms with E-state index in [1.165, 1.54) is 6.08 Å². The summed E-state index contributed by atoms with van der Waals surface area (Å²) in [5, 5.41) is 1.68. The van der Waals surface area contributed by atoms with E-state index >= 15 is 0 Å². The van der Waals surface area contributed by atoms with E-state index in [9.17, 15) is 9.59 Å². The minimum atomic E-state index is -0.443. The SMILES string of the molecule is CCOC(=O)COc1cc(N=C=O)c2ccccc2c1. The lowest BCUT2D eigenvalue weighted by Gasteiger charge is -2.08. The Hall–Kier alpha value is -2.65. The van der Waals surface area contributed by atoms with Crippen molar-refractivity contribution in [2.24, 2.45) is 4.99 Å². The summed E-state index contributed by atoms with van der Waals surface area (Å²) >= 11 is 0. The van der Waals surface area contributed by atoms with Crippen LogP contribution in [0.3, 0.4) is 0 Å². The van der Waals surface area contributed by atoms with Crippen LogP contribution in [-0.2, 0) is 14.3 Å². The second kappa shape index (κ2) is 6.50. The molecule has 0 aliphatic heterocycles. The van der Waals surface area contributed by atoms with Gasteiger partial charge < -0.3 is 9.47 Å². The minimum Gasteiger partial charge on any atom is -0.482 e. The molecule has 0 fully saturated rings. The van der Waals surface area contributed by atoms with Crippen molar-refractivity contribution in [2.45, 2.75) is 6.92 Å². The molecular formula is C15H13NO4. The van der Waals surface area contributed by atoms with E-state index in [1.807, 2.05) is 24.3 Å². The molecule has 0 unspecified atom stereocenters. The van der Waals surface area contributed by atoms with E-state index in [0.717, 1.165) is 10.8 Å². The molecule has 2 aromatic rings. The fourth-order valence-electron chi connectivity index (χ4n) is 1.83. The van der Waals surface area contributed by atoms with Crippen LogP contribution in [0.2, 0.25) is 0 Å². The molecule has 0 aliphatic rings. The molecule has 5 nitrogen and oxygen atoms in total. The number of nitrogens with zero attached hydrogens (tertiary/aromatic N) is 1. The maximum absolute atomic E-state index is 11.3. The predicted molar refractivity (Wildman–Crippen MR) is 73.9 cm³/mol. The third-order valence-corrected chi connectivity index (χ3v) is 2.64. The fraction of sp³-hybridized carbons (Fsp3) is 0.200. The molecule has 0 radical (unpaired) electrons. The molecule has 0 spiro atoms. The maximum atomic E-state index is 11.3. The second-order valence-corrected chi connectivity index (χ2v) is 3.96. The van der Waals surface area contributed by atoms with E-state index in [0.29, 0.717) is 18.0 Å². The van der Waals surface area contributed by atoms with E-state index in [2.05, 4.69) is 4.99 Å². The lowest BCUT2D eigenvalue weighted by Crippen LogP contribution is -2.14. The highest BCUT2D eigenvalue weighted by atomic mass is 16.6. The van der Waals surface area contributed by atoms with Gasteiger partial charge >= 0.3 is 5.97 Å². The van der Waals surface area contributed by atoms with Gasteiger partial charge in [0.05, 0.1) is 12.3 Å². The van der Waals surface area contributed by atoms with Crippen molar-refractivity contribution >= 4 is 28.5 Å². The number of aliphatic imine (C=N–C) groups is 1. The van der Waals surface area contributed by atoms with Crippen molar-refractivity contribution in [1.29, 1.82) is 0 Å². The summed E-state index contributed by atoms with van der Waals surface area (Å²) < 4.78 is 10.1. The van der Waals surface area contributed by atoms with Crippen LogP contribution in [0.25, 0.3) is 10.8 Å². The zero-order valence-electron chi connectivity index (χ0n) is 11.0. The molecule has 2 aromatic carbocycles. The van der Waals surface area contributed by atoms with Crippen molar-refractivity contribution in [3.05, 3.63) is 36.4 Å². The number of benzene rings is 2. The lowest BCUT2D eigenvalue weighted by molar-refractivity contribution is -0.145. The van der Waals surface area contributed by atoms with Gasteiger partial charge in [0.1, 0.15) is 5.75 Å². The van der Waals surface area contributed by atoms with E-state index in [-0.39, 0.29) is 6.61 Å². The summed E-state index contributed by atoms with van der Waals surface area (Å²) in [6.45, 7) is 1.85. The van der Waals surface area contributed by atoms with Crippen LogP contribution in [0.4, 0.5) is 5.69 Å². The van der Waals surface area contributed by atoms with Crippen LogP contribution in [0.5, 0.6) is 5.75 Å². The molecule has 5 heteroatoms. The Kier molecular flexibility index (Phi) is 4.47. The molecule has 0 bridgehead atoms. The van der Waals surface area contributed by atoms with Crippen LogP contribution >= 0.6 is 0 Å². The molecule has 0 heterocycles. The molecule has 2 rings (SSSR count). The highest BCUT2D eigenvalue weighted by molar-refractivity contribution is 5.94. The van der Waals surface area contributed by atoms with Crippen molar-refractivity contribution < 1.29 is 19.1 Å². The monoisotopic (exact) mass is 271 g/mol. The number of fused-ring (bicyclic) bond motifs is 1. The zero-order valence-corrected chi connectivity index (χ0v) is 11.0. The van der Waals surface area contributed by atoms with Crippen molar-refractivity contribution in [3.63, 3.8) is 0 Å². The molecular weight excluding hydrogens is 258 g/mol. The van der Waals surface area contributed by atoms with Gasteiger partial charge in [-0.3, -0.25) is 0 Å². The Morgan fingerprint density at radius 2 is 2.10 bits per heavy atom. The summed E-state index contributed by atoms with van der Waals surface area (Å²) in [6.07, 6.45) is 1.52.